The van der Waals surface area contributed by atoms with Crippen LogP contribution >= 0.6 is 23.2 Å². The molecule has 1 heterocycles. The van der Waals surface area contributed by atoms with E-state index in [9.17, 15) is 9.90 Å². The van der Waals surface area contributed by atoms with Crippen molar-refractivity contribution in [2.75, 3.05) is 6.54 Å². The molecular weight excluding hydrogens is 313 g/mol. The number of aliphatic hydroxyl groups excluding tert-OH is 1. The highest BCUT2D eigenvalue weighted by Crippen LogP contribution is 2.25. The van der Waals surface area contributed by atoms with Crippen LogP contribution in [-0.4, -0.2) is 27.3 Å². The number of rotatable bonds is 5. The number of aryl methyl sites for hydroxylation is 1. The van der Waals surface area contributed by atoms with Crippen LogP contribution in [0.3, 0.4) is 0 Å². The molecule has 5 nitrogen and oxygen atoms in total. The summed E-state index contributed by atoms with van der Waals surface area (Å²) in [6, 6.07) is 4.82. The van der Waals surface area contributed by atoms with E-state index >= 15 is 0 Å². The van der Waals surface area contributed by atoms with Crippen molar-refractivity contribution in [3.63, 3.8) is 0 Å². The lowest BCUT2D eigenvalue weighted by Crippen LogP contribution is -2.28. The third-order valence-electron chi connectivity index (χ3n) is 3.00. The zero-order chi connectivity index (χ0) is 15.4. The summed E-state index contributed by atoms with van der Waals surface area (Å²) in [7, 11) is 0. The molecule has 0 aliphatic rings. The Labute approximate surface area is 132 Å². The first-order valence-corrected chi connectivity index (χ1v) is 7.20. The van der Waals surface area contributed by atoms with Gasteiger partial charge in [0.25, 0.3) is 5.91 Å². The number of hydrogen-bond acceptors (Lipinski definition) is 3. The van der Waals surface area contributed by atoms with Crippen LogP contribution in [0.1, 0.15) is 28.9 Å². The van der Waals surface area contributed by atoms with Gasteiger partial charge in [0, 0.05) is 34.9 Å². The van der Waals surface area contributed by atoms with Gasteiger partial charge in [0.05, 0.1) is 17.9 Å². The van der Waals surface area contributed by atoms with E-state index in [0.29, 0.717) is 27.7 Å². The molecular formula is C14H15Cl2N3O2. The first-order chi connectivity index (χ1) is 10.0. The van der Waals surface area contributed by atoms with Crippen LogP contribution in [0.25, 0.3) is 0 Å². The lowest BCUT2D eigenvalue weighted by atomic mass is 10.1. The van der Waals surface area contributed by atoms with Crippen LogP contribution in [0.4, 0.5) is 0 Å². The van der Waals surface area contributed by atoms with Crippen molar-refractivity contribution in [1.29, 1.82) is 0 Å². The minimum absolute atomic E-state index is 0.0531. The molecule has 1 unspecified atom stereocenters. The van der Waals surface area contributed by atoms with Crippen molar-refractivity contribution in [3.05, 3.63) is 51.8 Å². The number of aromatic nitrogens is 2. The molecule has 0 bridgehead atoms. The molecule has 1 aromatic heterocycles. The summed E-state index contributed by atoms with van der Waals surface area (Å²) in [4.78, 5) is 11.9. The molecule has 21 heavy (non-hydrogen) atoms. The summed E-state index contributed by atoms with van der Waals surface area (Å²) in [5, 5.41) is 17.6. The first-order valence-electron chi connectivity index (χ1n) is 6.45. The standard InChI is InChI=1S/C14H15Cl2N3O2/c1-2-19-8-9(6-18-19)14(21)17-7-13(20)11-4-3-10(15)5-12(11)16/h3-6,8,13,20H,2,7H2,1H3,(H,17,21). The van der Waals surface area contributed by atoms with Crippen molar-refractivity contribution in [2.24, 2.45) is 0 Å². The molecule has 1 amide bonds. The molecule has 0 aliphatic carbocycles. The molecule has 0 spiro atoms. The third-order valence-corrected chi connectivity index (χ3v) is 3.56. The molecule has 0 saturated carbocycles. The summed E-state index contributed by atoms with van der Waals surface area (Å²) in [5.41, 5.74) is 0.969. The molecule has 2 aromatic rings. The summed E-state index contributed by atoms with van der Waals surface area (Å²) in [6.07, 6.45) is 2.23. The quantitative estimate of drug-likeness (QED) is 0.887. The predicted octanol–water partition coefficient (Wildman–Crippen LogP) is 2.67. The Morgan fingerprint density at radius 3 is 2.86 bits per heavy atom. The smallest absolute Gasteiger partial charge is 0.254 e. The highest BCUT2D eigenvalue weighted by molar-refractivity contribution is 6.35. The van der Waals surface area contributed by atoms with E-state index in [-0.39, 0.29) is 12.5 Å². The van der Waals surface area contributed by atoms with Gasteiger partial charge in [0.15, 0.2) is 0 Å². The zero-order valence-electron chi connectivity index (χ0n) is 11.4. The number of halogens is 2. The van der Waals surface area contributed by atoms with Gasteiger partial charge in [-0.1, -0.05) is 29.3 Å². The molecule has 1 atom stereocenters. The van der Waals surface area contributed by atoms with Gasteiger partial charge in [0.1, 0.15) is 0 Å². The van der Waals surface area contributed by atoms with Gasteiger partial charge in [-0.3, -0.25) is 9.48 Å². The van der Waals surface area contributed by atoms with Gasteiger partial charge >= 0.3 is 0 Å². The molecule has 112 valence electrons. The predicted molar refractivity (Wildman–Crippen MR) is 81.7 cm³/mol. The number of amides is 1. The number of carbonyl (C=O) groups excluding carboxylic acids is 1. The Hall–Kier alpha value is -1.56. The van der Waals surface area contributed by atoms with Crippen LogP contribution in [0.2, 0.25) is 10.0 Å². The molecule has 0 aliphatic heterocycles. The second-order valence-corrected chi connectivity index (χ2v) is 5.32. The molecule has 0 saturated heterocycles. The Balaban J connectivity index is 1.97. The number of benzene rings is 1. The fraction of sp³-hybridized carbons (Fsp3) is 0.286. The number of nitrogens with zero attached hydrogens (tertiary/aromatic N) is 2. The van der Waals surface area contributed by atoms with Crippen molar-refractivity contribution >= 4 is 29.1 Å². The first kappa shape index (κ1) is 15.8. The number of aliphatic hydroxyl groups is 1. The maximum Gasteiger partial charge on any atom is 0.254 e. The van der Waals surface area contributed by atoms with E-state index in [2.05, 4.69) is 10.4 Å². The van der Waals surface area contributed by atoms with Crippen molar-refractivity contribution in [2.45, 2.75) is 19.6 Å². The number of hydrogen-bond donors (Lipinski definition) is 2. The Kier molecular flexibility index (Phi) is 5.22. The lowest BCUT2D eigenvalue weighted by Gasteiger charge is -2.13. The van der Waals surface area contributed by atoms with E-state index in [1.54, 1.807) is 29.1 Å². The van der Waals surface area contributed by atoms with E-state index in [1.165, 1.54) is 6.20 Å². The maximum absolute atomic E-state index is 11.9. The molecule has 0 radical (unpaired) electrons. The van der Waals surface area contributed by atoms with Gasteiger partial charge in [-0.15, -0.1) is 0 Å². The monoisotopic (exact) mass is 327 g/mol. The second kappa shape index (κ2) is 6.93. The van der Waals surface area contributed by atoms with Gasteiger partial charge in [0.2, 0.25) is 0 Å². The minimum atomic E-state index is -0.903. The van der Waals surface area contributed by atoms with Crippen molar-refractivity contribution in [3.8, 4) is 0 Å². The molecule has 2 rings (SSSR count). The van der Waals surface area contributed by atoms with E-state index < -0.39 is 6.10 Å². The largest absolute Gasteiger partial charge is 0.387 e. The minimum Gasteiger partial charge on any atom is -0.387 e. The highest BCUT2D eigenvalue weighted by atomic mass is 35.5. The van der Waals surface area contributed by atoms with Crippen molar-refractivity contribution in [1.82, 2.24) is 15.1 Å². The molecule has 0 fully saturated rings. The summed E-state index contributed by atoms with van der Waals surface area (Å²) in [5.74, 6) is -0.293. The lowest BCUT2D eigenvalue weighted by molar-refractivity contribution is 0.0916. The third kappa shape index (κ3) is 3.97. The van der Waals surface area contributed by atoms with Gasteiger partial charge in [-0.25, -0.2) is 0 Å². The molecule has 7 heteroatoms. The van der Waals surface area contributed by atoms with Crippen molar-refractivity contribution < 1.29 is 9.90 Å². The maximum atomic E-state index is 11.9. The van der Waals surface area contributed by atoms with E-state index in [1.807, 2.05) is 6.92 Å². The van der Waals surface area contributed by atoms with E-state index in [0.717, 1.165) is 0 Å². The fourth-order valence-corrected chi connectivity index (χ4v) is 2.36. The van der Waals surface area contributed by atoms with Crippen LogP contribution in [-0.2, 0) is 6.54 Å². The van der Waals surface area contributed by atoms with Gasteiger partial charge in [-0.2, -0.15) is 5.10 Å². The topological polar surface area (TPSA) is 67.2 Å². The zero-order valence-corrected chi connectivity index (χ0v) is 12.9. The van der Waals surface area contributed by atoms with Crippen LogP contribution in [0, 0.1) is 0 Å². The number of nitrogens with one attached hydrogen (secondary N) is 1. The average molecular weight is 328 g/mol. The average Bonchev–Trinajstić information content (AvgIpc) is 2.93. The second-order valence-electron chi connectivity index (χ2n) is 4.48. The van der Waals surface area contributed by atoms with Crippen LogP contribution in [0.15, 0.2) is 30.6 Å². The summed E-state index contributed by atoms with van der Waals surface area (Å²) in [6.45, 7) is 2.68. The Morgan fingerprint density at radius 1 is 1.48 bits per heavy atom. The normalized spacial score (nSPS) is 12.2. The summed E-state index contributed by atoms with van der Waals surface area (Å²) < 4.78 is 1.65. The molecule has 1 aromatic carbocycles. The fourth-order valence-electron chi connectivity index (χ4n) is 1.83. The highest BCUT2D eigenvalue weighted by Gasteiger charge is 2.14. The van der Waals surface area contributed by atoms with Crippen LogP contribution < -0.4 is 5.32 Å². The van der Waals surface area contributed by atoms with Gasteiger partial charge in [-0.05, 0) is 19.1 Å². The Bertz CT molecular complexity index is 643. The molecule has 2 N–H and O–H groups in total. The van der Waals surface area contributed by atoms with E-state index in [4.69, 9.17) is 23.2 Å². The van der Waals surface area contributed by atoms with Gasteiger partial charge < -0.3 is 10.4 Å². The number of carbonyl (C=O) groups is 1. The SMILES string of the molecule is CCn1cc(C(=O)NCC(O)c2ccc(Cl)cc2Cl)cn1. The Morgan fingerprint density at radius 2 is 2.24 bits per heavy atom. The summed E-state index contributed by atoms with van der Waals surface area (Å²) >= 11 is 11.8. The van der Waals surface area contributed by atoms with Crippen LogP contribution in [0.5, 0.6) is 0 Å².